The second kappa shape index (κ2) is 6.40. The highest BCUT2D eigenvalue weighted by Crippen LogP contribution is 2.26. The van der Waals surface area contributed by atoms with Crippen LogP contribution in [0.4, 0.5) is 5.82 Å². The van der Waals surface area contributed by atoms with Gasteiger partial charge in [-0.15, -0.1) is 0 Å². The minimum atomic E-state index is -0.319. The smallest absolute Gasteiger partial charge is 0.260 e. The van der Waals surface area contributed by atoms with Crippen molar-refractivity contribution in [3.05, 3.63) is 72.7 Å². The fourth-order valence-electron chi connectivity index (χ4n) is 2.39. The molecule has 2 N–H and O–H groups in total. The molecule has 25 heavy (non-hydrogen) atoms. The van der Waals surface area contributed by atoms with Crippen LogP contribution < -0.4 is 10.1 Å². The number of rotatable bonds is 4. The number of ether oxygens (including phenoxy) is 1. The summed E-state index contributed by atoms with van der Waals surface area (Å²) in [6.45, 7) is 0. The predicted molar refractivity (Wildman–Crippen MR) is 92.6 cm³/mol. The summed E-state index contributed by atoms with van der Waals surface area (Å²) >= 11 is 0. The van der Waals surface area contributed by atoms with Crippen LogP contribution in [0.25, 0.3) is 11.0 Å². The summed E-state index contributed by atoms with van der Waals surface area (Å²) in [5.41, 5.74) is 0.894. The lowest BCUT2D eigenvalue weighted by Crippen LogP contribution is -2.13. The summed E-state index contributed by atoms with van der Waals surface area (Å²) in [4.78, 5) is 20.7. The first-order chi connectivity index (χ1) is 12.3. The van der Waals surface area contributed by atoms with Gasteiger partial charge in [-0.3, -0.25) is 9.89 Å². The van der Waals surface area contributed by atoms with Crippen LogP contribution >= 0.6 is 0 Å². The van der Waals surface area contributed by atoms with Crippen molar-refractivity contribution in [1.82, 2.24) is 20.2 Å². The van der Waals surface area contributed by atoms with Crippen LogP contribution in [0.5, 0.6) is 11.5 Å². The molecule has 0 fully saturated rings. The van der Waals surface area contributed by atoms with Gasteiger partial charge in [0.25, 0.3) is 5.91 Å². The zero-order chi connectivity index (χ0) is 17.1. The molecular formula is C18H13N5O2. The molecule has 4 aromatic rings. The minimum Gasteiger partial charge on any atom is -0.457 e. The molecule has 4 rings (SSSR count). The van der Waals surface area contributed by atoms with E-state index in [4.69, 9.17) is 4.74 Å². The van der Waals surface area contributed by atoms with Crippen molar-refractivity contribution in [1.29, 1.82) is 0 Å². The predicted octanol–water partition coefficient (Wildman–Crippen LogP) is 3.40. The number of aromatic amines is 1. The molecule has 0 radical (unpaired) electrons. The first kappa shape index (κ1) is 14.8. The Morgan fingerprint density at radius 3 is 2.72 bits per heavy atom. The van der Waals surface area contributed by atoms with Crippen molar-refractivity contribution in [2.75, 3.05) is 5.32 Å². The molecule has 0 aliphatic rings. The largest absolute Gasteiger partial charge is 0.457 e. The third-order valence-corrected chi connectivity index (χ3v) is 3.58. The maximum Gasteiger partial charge on any atom is 0.260 e. The van der Waals surface area contributed by atoms with E-state index in [0.717, 1.165) is 0 Å². The number of nitrogens with zero attached hydrogens (tertiary/aromatic N) is 3. The zero-order valence-electron chi connectivity index (χ0n) is 13.0. The van der Waals surface area contributed by atoms with Crippen LogP contribution in [0.1, 0.15) is 10.4 Å². The fourth-order valence-corrected chi connectivity index (χ4v) is 2.39. The Bertz CT molecular complexity index is 1030. The van der Waals surface area contributed by atoms with Gasteiger partial charge in [-0.25, -0.2) is 9.97 Å². The number of hydrogen-bond acceptors (Lipinski definition) is 5. The molecular weight excluding hydrogens is 318 g/mol. The molecule has 0 spiro atoms. The Labute approximate surface area is 142 Å². The van der Waals surface area contributed by atoms with Crippen LogP contribution in [-0.2, 0) is 0 Å². The SMILES string of the molecule is O=C(Nc1[nH]nc2ncncc12)c1ccccc1Oc1ccccc1. The molecule has 0 bridgehead atoms. The molecule has 0 saturated heterocycles. The number of aromatic nitrogens is 4. The molecule has 0 aliphatic heterocycles. The standard InChI is InChI=1S/C18H13N5O2/c24-18(21-17-14-10-19-11-20-16(14)22-23-17)13-8-4-5-9-15(13)25-12-6-2-1-3-7-12/h1-11H,(H2,19,20,21,22,23,24). The lowest BCUT2D eigenvalue weighted by atomic mass is 10.2. The molecule has 0 unspecified atom stereocenters. The summed E-state index contributed by atoms with van der Waals surface area (Å²) in [6, 6.07) is 16.3. The van der Waals surface area contributed by atoms with E-state index in [1.54, 1.807) is 24.4 Å². The molecule has 0 aliphatic carbocycles. The van der Waals surface area contributed by atoms with Crippen molar-refractivity contribution in [2.24, 2.45) is 0 Å². The number of benzene rings is 2. The fraction of sp³-hybridized carbons (Fsp3) is 0. The quantitative estimate of drug-likeness (QED) is 0.598. The molecule has 7 heteroatoms. The van der Waals surface area contributed by atoms with Crippen molar-refractivity contribution in [3.8, 4) is 11.5 Å². The molecule has 2 aromatic carbocycles. The van der Waals surface area contributed by atoms with Crippen LogP contribution in [0, 0.1) is 0 Å². The highest BCUT2D eigenvalue weighted by Gasteiger charge is 2.15. The van der Waals surface area contributed by atoms with Gasteiger partial charge >= 0.3 is 0 Å². The summed E-state index contributed by atoms with van der Waals surface area (Å²) in [7, 11) is 0. The number of nitrogens with one attached hydrogen (secondary N) is 2. The van der Waals surface area contributed by atoms with Crippen LogP contribution in [0.15, 0.2) is 67.1 Å². The van der Waals surface area contributed by atoms with Crippen LogP contribution in [0.3, 0.4) is 0 Å². The molecule has 0 atom stereocenters. The van der Waals surface area contributed by atoms with Gasteiger partial charge in [-0.05, 0) is 24.3 Å². The Morgan fingerprint density at radius 2 is 1.84 bits per heavy atom. The number of carbonyl (C=O) groups excluding carboxylic acids is 1. The van der Waals surface area contributed by atoms with Crippen molar-refractivity contribution < 1.29 is 9.53 Å². The number of anilines is 1. The van der Waals surface area contributed by atoms with E-state index in [-0.39, 0.29) is 5.91 Å². The number of fused-ring (bicyclic) bond motifs is 1. The van der Waals surface area contributed by atoms with E-state index in [1.165, 1.54) is 6.33 Å². The lowest BCUT2D eigenvalue weighted by Gasteiger charge is -2.10. The van der Waals surface area contributed by atoms with E-state index >= 15 is 0 Å². The Kier molecular flexibility index (Phi) is 3.80. The van der Waals surface area contributed by atoms with Gasteiger partial charge in [0.15, 0.2) is 5.65 Å². The summed E-state index contributed by atoms with van der Waals surface area (Å²) in [5.74, 6) is 1.24. The first-order valence-corrected chi connectivity index (χ1v) is 7.58. The second-order valence-electron chi connectivity index (χ2n) is 5.22. The van der Waals surface area contributed by atoms with E-state index in [1.807, 2.05) is 36.4 Å². The van der Waals surface area contributed by atoms with Crippen molar-refractivity contribution >= 4 is 22.8 Å². The Morgan fingerprint density at radius 1 is 1.04 bits per heavy atom. The zero-order valence-corrected chi connectivity index (χ0v) is 13.0. The van der Waals surface area contributed by atoms with Gasteiger partial charge in [0.2, 0.25) is 0 Å². The molecule has 2 aromatic heterocycles. The van der Waals surface area contributed by atoms with E-state index < -0.39 is 0 Å². The maximum absolute atomic E-state index is 12.7. The Hall–Kier alpha value is -3.74. The van der Waals surface area contributed by atoms with Gasteiger partial charge < -0.3 is 10.1 Å². The van der Waals surface area contributed by atoms with E-state index in [2.05, 4.69) is 25.5 Å². The molecule has 0 saturated carbocycles. The van der Waals surface area contributed by atoms with E-state index in [0.29, 0.717) is 33.9 Å². The van der Waals surface area contributed by atoms with Crippen molar-refractivity contribution in [2.45, 2.75) is 0 Å². The number of hydrogen-bond donors (Lipinski definition) is 2. The average Bonchev–Trinajstić information content (AvgIpc) is 3.06. The lowest BCUT2D eigenvalue weighted by molar-refractivity contribution is 0.102. The number of H-pyrrole nitrogens is 1. The molecule has 2 heterocycles. The summed E-state index contributed by atoms with van der Waals surface area (Å²) in [6.07, 6.45) is 2.99. The maximum atomic E-state index is 12.7. The third kappa shape index (κ3) is 3.02. The van der Waals surface area contributed by atoms with Crippen molar-refractivity contribution in [3.63, 3.8) is 0 Å². The minimum absolute atomic E-state index is 0.319. The summed E-state index contributed by atoms with van der Waals surface area (Å²) < 4.78 is 5.83. The van der Waals surface area contributed by atoms with Crippen LogP contribution in [-0.4, -0.2) is 26.1 Å². The van der Waals surface area contributed by atoms with Gasteiger partial charge in [-0.2, -0.15) is 5.10 Å². The van der Waals surface area contributed by atoms with Gasteiger partial charge in [-0.1, -0.05) is 30.3 Å². The van der Waals surface area contributed by atoms with E-state index in [9.17, 15) is 4.79 Å². The van der Waals surface area contributed by atoms with Gasteiger partial charge in [0.05, 0.1) is 10.9 Å². The molecule has 1 amide bonds. The number of amides is 1. The molecule has 122 valence electrons. The monoisotopic (exact) mass is 331 g/mol. The van der Waals surface area contributed by atoms with Gasteiger partial charge in [0, 0.05) is 6.20 Å². The second-order valence-corrected chi connectivity index (χ2v) is 5.22. The number of carbonyl (C=O) groups is 1. The Balaban J connectivity index is 1.62. The van der Waals surface area contributed by atoms with Gasteiger partial charge in [0.1, 0.15) is 23.6 Å². The average molecular weight is 331 g/mol. The normalized spacial score (nSPS) is 10.6. The third-order valence-electron chi connectivity index (χ3n) is 3.58. The highest BCUT2D eigenvalue weighted by molar-refractivity contribution is 6.08. The molecule has 7 nitrogen and oxygen atoms in total. The van der Waals surface area contributed by atoms with Crippen LogP contribution in [0.2, 0.25) is 0 Å². The first-order valence-electron chi connectivity index (χ1n) is 7.58. The topological polar surface area (TPSA) is 92.8 Å². The number of para-hydroxylation sites is 2. The highest BCUT2D eigenvalue weighted by atomic mass is 16.5. The summed E-state index contributed by atoms with van der Waals surface area (Å²) in [5, 5.41) is 10.2.